The van der Waals surface area contributed by atoms with Crippen LogP contribution in [0.2, 0.25) is 0 Å². The number of aromatic nitrogens is 2. The molecule has 3 aromatic rings. The van der Waals surface area contributed by atoms with Crippen molar-refractivity contribution in [3.63, 3.8) is 0 Å². The minimum Gasteiger partial charge on any atom is -0.444 e. The van der Waals surface area contributed by atoms with E-state index in [1.165, 1.54) is 42.4 Å². The van der Waals surface area contributed by atoms with Crippen molar-refractivity contribution in [2.24, 2.45) is 0 Å². The third-order valence-electron chi connectivity index (χ3n) is 8.35. The molecule has 3 aliphatic carbocycles. The van der Waals surface area contributed by atoms with Crippen molar-refractivity contribution in [1.29, 1.82) is 0 Å². The number of nitrogens with zero attached hydrogens (tertiary/aromatic N) is 2. The molecule has 1 saturated heterocycles. The number of carbonyl (C=O) groups excluding carboxylic acids is 1. The zero-order valence-electron chi connectivity index (χ0n) is 21.9. The van der Waals surface area contributed by atoms with Gasteiger partial charge >= 0.3 is 6.09 Å². The normalized spacial score (nSPS) is 23.1. The van der Waals surface area contributed by atoms with Gasteiger partial charge in [0.2, 0.25) is 0 Å². The van der Waals surface area contributed by atoms with E-state index >= 15 is 0 Å². The van der Waals surface area contributed by atoms with Gasteiger partial charge in [0.1, 0.15) is 11.4 Å². The van der Waals surface area contributed by atoms with Crippen LogP contribution in [0, 0.1) is 6.92 Å². The molecular formula is C31H37N3O2. The van der Waals surface area contributed by atoms with E-state index in [2.05, 4.69) is 53.3 Å². The molecule has 7 rings (SSSR count). The van der Waals surface area contributed by atoms with E-state index in [1.807, 2.05) is 31.9 Å². The van der Waals surface area contributed by atoms with Gasteiger partial charge in [-0.3, -0.25) is 4.90 Å². The number of carbonyl (C=O) groups is 1. The summed E-state index contributed by atoms with van der Waals surface area (Å²) in [5, 5.41) is 0. The molecule has 1 aliphatic heterocycles. The Bertz CT molecular complexity index is 1280. The monoisotopic (exact) mass is 483 g/mol. The summed E-state index contributed by atoms with van der Waals surface area (Å²) in [5.74, 6) is 2.30. The number of likely N-dealkylation sites (tertiary alicyclic amines) is 1. The van der Waals surface area contributed by atoms with Crippen LogP contribution in [-0.2, 0) is 4.74 Å². The fourth-order valence-electron chi connectivity index (χ4n) is 6.72. The van der Waals surface area contributed by atoms with Crippen molar-refractivity contribution >= 4 is 6.09 Å². The number of fused-ring (bicyclic) bond motifs is 2. The van der Waals surface area contributed by atoms with Crippen LogP contribution in [0.3, 0.4) is 0 Å². The molecule has 0 radical (unpaired) electrons. The van der Waals surface area contributed by atoms with E-state index in [0.29, 0.717) is 12.5 Å². The Balaban J connectivity index is 1.24. The van der Waals surface area contributed by atoms with Crippen LogP contribution >= 0.6 is 0 Å². The molecule has 1 N–H and O–H groups in total. The molecule has 5 heteroatoms. The van der Waals surface area contributed by atoms with E-state index in [4.69, 9.17) is 4.74 Å². The van der Waals surface area contributed by atoms with Crippen molar-refractivity contribution in [3.05, 3.63) is 65.1 Å². The van der Waals surface area contributed by atoms with Gasteiger partial charge in [-0.05, 0) is 111 Å². The summed E-state index contributed by atoms with van der Waals surface area (Å²) in [7, 11) is 0. The Morgan fingerprint density at radius 1 is 0.944 bits per heavy atom. The highest BCUT2D eigenvalue weighted by molar-refractivity contribution is 5.74. The van der Waals surface area contributed by atoms with Crippen LogP contribution in [0.15, 0.2) is 42.6 Å². The van der Waals surface area contributed by atoms with E-state index in [1.54, 1.807) is 11.1 Å². The first kappa shape index (κ1) is 23.3. The summed E-state index contributed by atoms with van der Waals surface area (Å²) in [6.07, 6.45) is 8.87. The smallest absolute Gasteiger partial charge is 0.410 e. The van der Waals surface area contributed by atoms with Gasteiger partial charge in [-0.25, -0.2) is 9.78 Å². The molecule has 36 heavy (non-hydrogen) atoms. The maximum atomic E-state index is 12.7. The second-order valence-electron chi connectivity index (χ2n) is 11.9. The van der Waals surface area contributed by atoms with Crippen molar-refractivity contribution in [2.75, 3.05) is 6.54 Å². The van der Waals surface area contributed by atoms with Crippen molar-refractivity contribution < 1.29 is 9.53 Å². The summed E-state index contributed by atoms with van der Waals surface area (Å²) in [6, 6.07) is 13.5. The number of imidazole rings is 1. The fourth-order valence-corrected chi connectivity index (χ4v) is 6.72. The third-order valence-corrected chi connectivity index (χ3v) is 8.35. The lowest BCUT2D eigenvalue weighted by molar-refractivity contribution is 0.0218. The Kier molecular flexibility index (Phi) is 5.70. The highest BCUT2D eigenvalue weighted by Crippen LogP contribution is 2.53. The predicted octanol–water partition coefficient (Wildman–Crippen LogP) is 7.88. The molecule has 1 atom stereocenters. The third kappa shape index (κ3) is 4.12. The van der Waals surface area contributed by atoms with Crippen LogP contribution in [0.4, 0.5) is 4.79 Å². The Hall–Kier alpha value is -3.08. The average Bonchev–Trinajstić information content (AvgIpc) is 3.54. The number of aromatic amines is 1. The molecule has 2 heterocycles. The molecule has 1 saturated carbocycles. The number of H-pyrrole nitrogens is 1. The summed E-state index contributed by atoms with van der Waals surface area (Å²) in [5.41, 5.74) is 9.05. The molecule has 1 aromatic heterocycles. The van der Waals surface area contributed by atoms with Crippen LogP contribution in [0.1, 0.15) is 99.7 Å². The first-order chi connectivity index (χ1) is 17.3. The number of ether oxygens (including phenoxy) is 1. The van der Waals surface area contributed by atoms with Crippen LogP contribution < -0.4 is 0 Å². The number of aryl methyl sites for hydroxylation is 1. The predicted molar refractivity (Wildman–Crippen MR) is 143 cm³/mol. The summed E-state index contributed by atoms with van der Waals surface area (Å²) < 4.78 is 5.63. The first-order valence-electron chi connectivity index (χ1n) is 13.6. The number of hydrogen-bond donors (Lipinski definition) is 1. The molecule has 2 aromatic carbocycles. The topological polar surface area (TPSA) is 58.2 Å². The molecule has 5 nitrogen and oxygen atoms in total. The maximum absolute atomic E-state index is 12.7. The molecule has 188 valence electrons. The van der Waals surface area contributed by atoms with Gasteiger partial charge in [-0.2, -0.15) is 0 Å². The molecule has 0 unspecified atom stereocenters. The number of benzene rings is 2. The number of amides is 1. The van der Waals surface area contributed by atoms with E-state index in [-0.39, 0.29) is 12.1 Å². The van der Waals surface area contributed by atoms with E-state index in [9.17, 15) is 4.79 Å². The van der Waals surface area contributed by atoms with Crippen molar-refractivity contribution in [2.45, 2.75) is 89.7 Å². The van der Waals surface area contributed by atoms with Crippen LogP contribution in [-0.4, -0.2) is 33.1 Å². The number of hydrogen-bond acceptors (Lipinski definition) is 3. The van der Waals surface area contributed by atoms with Crippen molar-refractivity contribution in [1.82, 2.24) is 14.9 Å². The highest BCUT2D eigenvalue weighted by Gasteiger charge is 2.36. The van der Waals surface area contributed by atoms with Gasteiger partial charge in [0.05, 0.1) is 17.9 Å². The molecular weight excluding hydrogens is 446 g/mol. The zero-order chi connectivity index (χ0) is 25.0. The van der Waals surface area contributed by atoms with Crippen LogP contribution in [0.25, 0.3) is 22.4 Å². The Labute approximate surface area is 214 Å². The van der Waals surface area contributed by atoms with Gasteiger partial charge in [0.15, 0.2) is 0 Å². The Morgan fingerprint density at radius 3 is 2.31 bits per heavy atom. The zero-order valence-corrected chi connectivity index (χ0v) is 21.9. The molecule has 2 bridgehead atoms. The first-order valence-corrected chi connectivity index (χ1v) is 13.6. The summed E-state index contributed by atoms with van der Waals surface area (Å²) in [6.45, 7) is 8.70. The Morgan fingerprint density at radius 2 is 1.61 bits per heavy atom. The largest absolute Gasteiger partial charge is 0.444 e. The number of nitrogens with one attached hydrogen (secondary N) is 1. The van der Waals surface area contributed by atoms with Gasteiger partial charge in [0, 0.05) is 6.54 Å². The van der Waals surface area contributed by atoms with Crippen molar-refractivity contribution in [3.8, 4) is 22.4 Å². The minimum absolute atomic E-state index is 0.0672. The van der Waals surface area contributed by atoms with E-state index in [0.717, 1.165) is 35.8 Å². The second kappa shape index (κ2) is 8.79. The minimum atomic E-state index is -0.503. The summed E-state index contributed by atoms with van der Waals surface area (Å²) >= 11 is 0. The van der Waals surface area contributed by atoms with Crippen LogP contribution in [0.5, 0.6) is 0 Å². The average molecular weight is 484 g/mol. The molecule has 4 aliphatic rings. The molecule has 0 spiro atoms. The van der Waals surface area contributed by atoms with Gasteiger partial charge in [0.25, 0.3) is 0 Å². The standard InChI is InChI=1S/C31H37N3O2/c1-19-7-16-24(28-23-14-12-22(13-15-23)27(19)28)20-8-10-21(11-9-20)25-18-32-29(33-25)26-6-5-17-34(26)30(35)36-31(2,3)4/h7-11,16,18,22-23,26H,5-6,12-15,17H2,1-4H3,(H,32,33)/t22?,23?,26-/m0/s1. The van der Waals surface area contributed by atoms with E-state index < -0.39 is 5.60 Å². The SMILES string of the molecule is Cc1ccc(-c2ccc(-c3cnc([C@@H]4CCCN4C(=O)OC(C)(C)C)[nH]3)cc2)c2c1C1CCC2CC1. The number of rotatable bonds is 3. The highest BCUT2D eigenvalue weighted by atomic mass is 16.6. The van der Waals surface area contributed by atoms with Gasteiger partial charge in [-0.1, -0.05) is 36.4 Å². The van der Waals surface area contributed by atoms with Gasteiger partial charge < -0.3 is 9.72 Å². The van der Waals surface area contributed by atoms with Gasteiger partial charge in [-0.15, -0.1) is 0 Å². The lowest BCUT2D eigenvalue weighted by atomic mass is 9.64. The molecule has 2 fully saturated rings. The second-order valence-corrected chi connectivity index (χ2v) is 11.9. The summed E-state index contributed by atoms with van der Waals surface area (Å²) in [4.78, 5) is 22.7. The quantitative estimate of drug-likeness (QED) is 0.412. The maximum Gasteiger partial charge on any atom is 0.410 e. The fraction of sp³-hybridized carbons (Fsp3) is 0.484. The lowest BCUT2D eigenvalue weighted by Crippen LogP contribution is -2.36. The lowest BCUT2D eigenvalue weighted by Gasteiger charge is -2.40. The molecule has 1 amide bonds.